The summed E-state index contributed by atoms with van der Waals surface area (Å²) in [5.41, 5.74) is 8.05. The van der Waals surface area contributed by atoms with Crippen LogP contribution in [0.25, 0.3) is 10.4 Å². The van der Waals surface area contributed by atoms with Crippen molar-refractivity contribution in [3.8, 4) is 16.2 Å². The summed E-state index contributed by atoms with van der Waals surface area (Å²) in [5.74, 6) is 1.56. The minimum atomic E-state index is 0.398. The highest BCUT2D eigenvalue weighted by Crippen LogP contribution is 2.36. The predicted octanol–water partition coefficient (Wildman–Crippen LogP) is 3.96. The highest BCUT2D eigenvalue weighted by molar-refractivity contribution is 7.15. The lowest BCUT2D eigenvalue weighted by Crippen LogP contribution is -2.32. The minimum Gasteiger partial charge on any atom is -0.485 e. The molecular formula is C21H25N5OS. The van der Waals surface area contributed by atoms with Gasteiger partial charge in [-0.15, -0.1) is 11.3 Å². The third-order valence-corrected chi connectivity index (χ3v) is 6.43. The molecule has 4 heterocycles. The lowest BCUT2D eigenvalue weighted by Gasteiger charge is -2.29. The van der Waals surface area contributed by atoms with Crippen molar-refractivity contribution in [2.75, 3.05) is 25.4 Å². The topological polar surface area (TPSA) is 77.2 Å². The monoisotopic (exact) mass is 395 g/mol. The molecule has 3 aromatic heterocycles. The van der Waals surface area contributed by atoms with Gasteiger partial charge in [-0.3, -0.25) is 4.98 Å². The van der Waals surface area contributed by atoms with Crippen molar-refractivity contribution in [2.24, 2.45) is 0 Å². The molecule has 0 spiro atoms. The number of piperidine rings is 1. The van der Waals surface area contributed by atoms with Gasteiger partial charge in [0.2, 0.25) is 0 Å². The standard InChI is InChI=1S/C21H25N5OS/c1-2-26-9-5-16(6-10-26)21-25-13-19(28-21)17-11-18(20(22)24-12-17)27-14-15-3-7-23-8-4-15/h3-4,7-8,11-13,16H,2,5-6,9-10,14H2,1H3,(H2,22,24). The maximum atomic E-state index is 6.01. The van der Waals surface area contributed by atoms with Gasteiger partial charge in [0, 0.05) is 36.3 Å². The zero-order valence-electron chi connectivity index (χ0n) is 16.0. The Balaban J connectivity index is 1.47. The molecule has 2 N–H and O–H groups in total. The fourth-order valence-corrected chi connectivity index (χ4v) is 4.52. The van der Waals surface area contributed by atoms with Gasteiger partial charge < -0.3 is 15.4 Å². The fourth-order valence-electron chi connectivity index (χ4n) is 3.45. The number of nitrogens with two attached hydrogens (primary N) is 1. The van der Waals surface area contributed by atoms with Crippen molar-refractivity contribution in [3.63, 3.8) is 0 Å². The molecule has 0 aliphatic carbocycles. The van der Waals surface area contributed by atoms with E-state index in [1.165, 1.54) is 17.8 Å². The van der Waals surface area contributed by atoms with Crippen LogP contribution in [-0.4, -0.2) is 39.5 Å². The van der Waals surface area contributed by atoms with Crippen LogP contribution in [0.5, 0.6) is 5.75 Å². The Labute approximate surface area is 169 Å². The van der Waals surface area contributed by atoms with E-state index in [2.05, 4.69) is 21.8 Å². The van der Waals surface area contributed by atoms with Crippen molar-refractivity contribution in [1.82, 2.24) is 19.9 Å². The van der Waals surface area contributed by atoms with Crippen molar-refractivity contribution in [1.29, 1.82) is 0 Å². The number of nitrogens with zero attached hydrogens (tertiary/aromatic N) is 4. The zero-order chi connectivity index (χ0) is 19.3. The highest BCUT2D eigenvalue weighted by Gasteiger charge is 2.22. The van der Waals surface area contributed by atoms with Crippen molar-refractivity contribution in [2.45, 2.75) is 32.3 Å². The fraction of sp³-hybridized carbons (Fsp3) is 0.381. The van der Waals surface area contributed by atoms with Crippen LogP contribution in [0.1, 0.15) is 36.3 Å². The summed E-state index contributed by atoms with van der Waals surface area (Å²) < 4.78 is 5.90. The Morgan fingerprint density at radius 2 is 1.96 bits per heavy atom. The van der Waals surface area contributed by atoms with Crippen LogP contribution in [0.2, 0.25) is 0 Å². The Morgan fingerprint density at radius 3 is 2.71 bits per heavy atom. The van der Waals surface area contributed by atoms with Gasteiger partial charge in [-0.2, -0.15) is 0 Å². The Kier molecular flexibility index (Phi) is 5.83. The van der Waals surface area contributed by atoms with E-state index in [1.807, 2.05) is 24.4 Å². The molecule has 1 fully saturated rings. The number of thiazole rings is 1. The van der Waals surface area contributed by atoms with Gasteiger partial charge >= 0.3 is 0 Å². The first-order chi connectivity index (χ1) is 13.7. The van der Waals surface area contributed by atoms with Crippen LogP contribution in [-0.2, 0) is 6.61 Å². The largest absolute Gasteiger partial charge is 0.485 e. The average molecular weight is 396 g/mol. The van der Waals surface area contributed by atoms with Crippen LogP contribution in [0.15, 0.2) is 43.0 Å². The number of hydrogen-bond acceptors (Lipinski definition) is 7. The van der Waals surface area contributed by atoms with Gasteiger partial charge in [0.15, 0.2) is 11.6 Å². The normalized spacial score (nSPS) is 15.6. The van der Waals surface area contributed by atoms with Crippen LogP contribution in [0.4, 0.5) is 5.82 Å². The third kappa shape index (κ3) is 4.31. The molecule has 0 radical (unpaired) electrons. The number of likely N-dealkylation sites (tertiary alicyclic amines) is 1. The highest BCUT2D eigenvalue weighted by atomic mass is 32.1. The molecule has 4 rings (SSSR count). The van der Waals surface area contributed by atoms with E-state index in [0.29, 0.717) is 24.1 Å². The summed E-state index contributed by atoms with van der Waals surface area (Å²) in [6.45, 7) is 6.11. The molecule has 6 nitrogen and oxygen atoms in total. The molecule has 0 aromatic carbocycles. The lowest BCUT2D eigenvalue weighted by molar-refractivity contribution is 0.222. The number of nitrogen functional groups attached to an aromatic ring is 1. The van der Waals surface area contributed by atoms with Gasteiger partial charge in [-0.1, -0.05) is 6.92 Å². The number of rotatable bonds is 6. The molecule has 3 aromatic rings. The summed E-state index contributed by atoms with van der Waals surface area (Å²) in [7, 11) is 0. The smallest absolute Gasteiger partial charge is 0.166 e. The molecule has 1 saturated heterocycles. The van der Waals surface area contributed by atoms with E-state index in [4.69, 9.17) is 15.5 Å². The molecule has 146 valence electrons. The van der Waals surface area contributed by atoms with E-state index in [0.717, 1.165) is 35.6 Å². The predicted molar refractivity (Wildman–Crippen MR) is 112 cm³/mol. The summed E-state index contributed by atoms with van der Waals surface area (Å²) in [6.07, 6.45) is 9.61. The first kappa shape index (κ1) is 18.8. The molecule has 0 saturated carbocycles. The Morgan fingerprint density at radius 1 is 1.18 bits per heavy atom. The molecule has 1 aliphatic heterocycles. The van der Waals surface area contributed by atoms with E-state index in [-0.39, 0.29) is 0 Å². The van der Waals surface area contributed by atoms with E-state index >= 15 is 0 Å². The van der Waals surface area contributed by atoms with Gasteiger partial charge in [0.1, 0.15) is 6.61 Å². The molecule has 0 bridgehead atoms. The second-order valence-electron chi connectivity index (χ2n) is 7.02. The maximum absolute atomic E-state index is 6.01. The van der Waals surface area contributed by atoms with Crippen molar-refractivity contribution >= 4 is 17.2 Å². The molecule has 0 amide bonds. The van der Waals surface area contributed by atoms with Gasteiger partial charge in [0.05, 0.1) is 9.88 Å². The molecular weight excluding hydrogens is 370 g/mol. The van der Waals surface area contributed by atoms with Crippen molar-refractivity contribution in [3.05, 3.63) is 53.6 Å². The second-order valence-corrected chi connectivity index (χ2v) is 8.09. The van der Waals surface area contributed by atoms with Crippen LogP contribution in [0, 0.1) is 0 Å². The zero-order valence-corrected chi connectivity index (χ0v) is 16.9. The Bertz CT molecular complexity index is 906. The molecule has 1 aliphatic rings. The van der Waals surface area contributed by atoms with Crippen LogP contribution >= 0.6 is 11.3 Å². The molecule has 0 unspecified atom stereocenters. The van der Waals surface area contributed by atoms with Gasteiger partial charge in [0.25, 0.3) is 0 Å². The number of aromatic nitrogens is 3. The number of pyridine rings is 2. The molecule has 0 atom stereocenters. The van der Waals surface area contributed by atoms with Crippen molar-refractivity contribution < 1.29 is 4.74 Å². The molecule has 7 heteroatoms. The van der Waals surface area contributed by atoms with Gasteiger partial charge in [-0.05, 0) is 56.2 Å². The summed E-state index contributed by atoms with van der Waals surface area (Å²) >= 11 is 1.76. The average Bonchev–Trinajstić information content (AvgIpc) is 3.24. The summed E-state index contributed by atoms with van der Waals surface area (Å²) in [5, 5.41) is 1.22. The van der Waals surface area contributed by atoms with Crippen LogP contribution < -0.4 is 10.5 Å². The Hall–Kier alpha value is -2.51. The summed E-state index contributed by atoms with van der Waals surface area (Å²) in [6, 6.07) is 5.81. The molecule has 28 heavy (non-hydrogen) atoms. The lowest BCUT2D eigenvalue weighted by atomic mass is 9.98. The van der Waals surface area contributed by atoms with Gasteiger partial charge in [-0.25, -0.2) is 9.97 Å². The third-order valence-electron chi connectivity index (χ3n) is 5.22. The first-order valence-electron chi connectivity index (χ1n) is 9.68. The quantitative estimate of drug-likeness (QED) is 0.681. The van der Waals surface area contributed by atoms with E-state index in [1.54, 1.807) is 29.9 Å². The first-order valence-corrected chi connectivity index (χ1v) is 10.5. The van der Waals surface area contributed by atoms with E-state index < -0.39 is 0 Å². The number of anilines is 1. The maximum Gasteiger partial charge on any atom is 0.166 e. The minimum absolute atomic E-state index is 0.398. The summed E-state index contributed by atoms with van der Waals surface area (Å²) in [4.78, 5) is 16.7. The van der Waals surface area contributed by atoms with Crippen LogP contribution in [0.3, 0.4) is 0 Å². The number of hydrogen-bond donors (Lipinski definition) is 1. The SMILES string of the molecule is CCN1CCC(c2ncc(-c3cnc(N)c(OCc4ccncc4)c3)s2)CC1. The second kappa shape index (κ2) is 8.67. The van der Waals surface area contributed by atoms with E-state index in [9.17, 15) is 0 Å². The number of ether oxygens (including phenoxy) is 1.